The highest BCUT2D eigenvalue weighted by Crippen LogP contribution is 2.28. The van der Waals surface area contributed by atoms with Gasteiger partial charge in [0.1, 0.15) is 5.82 Å². The topological polar surface area (TPSA) is 85.9 Å². The van der Waals surface area contributed by atoms with Crippen LogP contribution in [-0.2, 0) is 14.4 Å². The molecule has 1 unspecified atom stereocenters. The Hall–Kier alpha value is -2.48. The molecule has 5 heterocycles. The summed E-state index contributed by atoms with van der Waals surface area (Å²) in [4.78, 5) is 47.8. The minimum Gasteiger partial charge on any atom is -0.357 e. The third kappa shape index (κ3) is 5.27. The smallest absolute Gasteiger partial charge is 0.234 e. The van der Waals surface area contributed by atoms with E-state index in [9.17, 15) is 14.4 Å². The number of imide groups is 1. The molecule has 8 heteroatoms. The molecule has 5 rings (SSSR count). The predicted molar refractivity (Wildman–Crippen MR) is 129 cm³/mol. The molecule has 4 aliphatic heterocycles. The van der Waals surface area contributed by atoms with Crippen molar-refractivity contribution in [2.75, 3.05) is 50.7 Å². The van der Waals surface area contributed by atoms with Crippen molar-refractivity contribution in [3.05, 3.63) is 23.9 Å². The predicted octanol–water partition coefficient (Wildman–Crippen LogP) is 2.15. The van der Waals surface area contributed by atoms with Crippen LogP contribution >= 0.6 is 0 Å². The van der Waals surface area contributed by atoms with Crippen LogP contribution in [0, 0.1) is 11.8 Å². The van der Waals surface area contributed by atoms with Gasteiger partial charge in [0.05, 0.1) is 5.92 Å². The lowest BCUT2D eigenvalue weighted by atomic mass is 9.91. The number of likely N-dealkylation sites (tertiary alicyclic amines) is 2. The third-order valence-corrected chi connectivity index (χ3v) is 8.22. The van der Waals surface area contributed by atoms with Crippen molar-refractivity contribution in [1.82, 2.24) is 20.1 Å². The maximum atomic E-state index is 12.7. The maximum Gasteiger partial charge on any atom is 0.234 e. The van der Waals surface area contributed by atoms with Gasteiger partial charge in [-0.15, -0.1) is 0 Å². The molecular formula is C26H37N5O3. The Morgan fingerprint density at radius 1 is 0.941 bits per heavy atom. The van der Waals surface area contributed by atoms with E-state index in [0.717, 1.165) is 82.9 Å². The molecule has 8 nitrogen and oxygen atoms in total. The van der Waals surface area contributed by atoms with Gasteiger partial charge in [0.2, 0.25) is 17.7 Å². The number of nitrogens with zero attached hydrogens (tertiary/aromatic N) is 4. The summed E-state index contributed by atoms with van der Waals surface area (Å²) in [5, 5.41) is 2.43. The van der Waals surface area contributed by atoms with Crippen LogP contribution in [0.5, 0.6) is 0 Å². The highest BCUT2D eigenvalue weighted by molar-refractivity contribution is 6.00. The molecule has 0 spiro atoms. The van der Waals surface area contributed by atoms with Gasteiger partial charge in [-0.25, -0.2) is 4.98 Å². The molecule has 0 saturated carbocycles. The molecule has 184 valence electrons. The zero-order chi connectivity index (χ0) is 23.5. The van der Waals surface area contributed by atoms with Crippen molar-refractivity contribution < 1.29 is 14.4 Å². The van der Waals surface area contributed by atoms with Crippen LogP contribution in [0.4, 0.5) is 5.82 Å². The zero-order valence-corrected chi connectivity index (χ0v) is 20.1. The first kappa shape index (κ1) is 23.3. The van der Waals surface area contributed by atoms with Crippen LogP contribution in [0.1, 0.15) is 62.8 Å². The molecule has 1 N–H and O–H groups in total. The number of carbonyl (C=O) groups is 3. The van der Waals surface area contributed by atoms with Crippen molar-refractivity contribution >= 4 is 23.5 Å². The van der Waals surface area contributed by atoms with Crippen LogP contribution < -0.4 is 10.2 Å². The van der Waals surface area contributed by atoms with Gasteiger partial charge in [-0.05, 0) is 75.6 Å². The molecule has 0 aliphatic carbocycles. The maximum absolute atomic E-state index is 12.7. The summed E-state index contributed by atoms with van der Waals surface area (Å²) in [6.45, 7) is 7.17. The lowest BCUT2D eigenvalue weighted by Crippen LogP contribution is -2.44. The molecule has 1 atom stereocenters. The van der Waals surface area contributed by atoms with Crippen molar-refractivity contribution in [3.63, 3.8) is 0 Å². The van der Waals surface area contributed by atoms with Gasteiger partial charge in [0, 0.05) is 51.3 Å². The molecule has 4 saturated heterocycles. The Bertz CT molecular complexity index is 882. The van der Waals surface area contributed by atoms with Crippen LogP contribution in [-0.4, -0.2) is 78.3 Å². The van der Waals surface area contributed by atoms with Crippen molar-refractivity contribution in [2.45, 2.75) is 57.3 Å². The minimum absolute atomic E-state index is 0.186. The highest BCUT2D eigenvalue weighted by Gasteiger charge is 2.31. The first-order chi connectivity index (χ1) is 16.6. The van der Waals surface area contributed by atoms with E-state index in [2.05, 4.69) is 25.0 Å². The number of amides is 3. The van der Waals surface area contributed by atoms with Gasteiger partial charge in [-0.3, -0.25) is 19.7 Å². The van der Waals surface area contributed by atoms with E-state index >= 15 is 0 Å². The first-order valence-electron chi connectivity index (χ1n) is 13.1. The molecule has 0 bridgehead atoms. The fourth-order valence-corrected chi connectivity index (χ4v) is 6.07. The van der Waals surface area contributed by atoms with Crippen LogP contribution in [0.15, 0.2) is 18.3 Å². The number of hydrogen-bond acceptors (Lipinski definition) is 6. The van der Waals surface area contributed by atoms with E-state index in [4.69, 9.17) is 0 Å². The monoisotopic (exact) mass is 467 g/mol. The number of aromatic nitrogens is 1. The van der Waals surface area contributed by atoms with Crippen LogP contribution in [0.25, 0.3) is 0 Å². The number of nitrogens with one attached hydrogen (secondary N) is 1. The van der Waals surface area contributed by atoms with Gasteiger partial charge >= 0.3 is 0 Å². The van der Waals surface area contributed by atoms with E-state index in [1.165, 1.54) is 12.8 Å². The van der Waals surface area contributed by atoms with Gasteiger partial charge in [0.25, 0.3) is 0 Å². The quantitative estimate of drug-likeness (QED) is 0.668. The Balaban J connectivity index is 1.05. The SMILES string of the molecule is O=C1CCC(c2ccc(N3CCC(CN4CCC(C(=O)N5CCCC5)CC4)CC3)nc2)C(=O)N1. The van der Waals surface area contributed by atoms with Crippen molar-refractivity contribution in [3.8, 4) is 0 Å². The van der Waals surface area contributed by atoms with Crippen LogP contribution in [0.3, 0.4) is 0 Å². The molecule has 0 radical (unpaired) electrons. The molecule has 4 fully saturated rings. The summed E-state index contributed by atoms with van der Waals surface area (Å²) < 4.78 is 0. The van der Waals surface area contributed by atoms with E-state index in [-0.39, 0.29) is 23.7 Å². The minimum atomic E-state index is -0.278. The molecule has 0 aromatic carbocycles. The summed E-state index contributed by atoms with van der Waals surface area (Å²) in [5.74, 6) is 1.64. The fourth-order valence-electron chi connectivity index (χ4n) is 6.07. The van der Waals surface area contributed by atoms with E-state index in [1.807, 2.05) is 12.1 Å². The van der Waals surface area contributed by atoms with E-state index in [0.29, 0.717) is 24.7 Å². The zero-order valence-electron chi connectivity index (χ0n) is 20.1. The van der Waals surface area contributed by atoms with Gasteiger partial charge in [-0.2, -0.15) is 0 Å². The van der Waals surface area contributed by atoms with Gasteiger partial charge < -0.3 is 14.7 Å². The van der Waals surface area contributed by atoms with Crippen molar-refractivity contribution in [2.24, 2.45) is 11.8 Å². The Labute approximate surface area is 202 Å². The van der Waals surface area contributed by atoms with E-state index < -0.39 is 0 Å². The normalized spacial score (nSPS) is 25.6. The number of piperidine rings is 3. The van der Waals surface area contributed by atoms with Crippen molar-refractivity contribution in [1.29, 1.82) is 0 Å². The van der Waals surface area contributed by atoms with Crippen LogP contribution in [0.2, 0.25) is 0 Å². The summed E-state index contributed by atoms with van der Waals surface area (Å²) in [7, 11) is 0. The standard InChI is InChI=1S/C26H37N5O3/c32-24-6-4-22(25(33)28-24)21-3-5-23(27-17-21)30-15-7-19(8-16-30)18-29-13-9-20(10-14-29)26(34)31-11-1-2-12-31/h3,5,17,19-20,22H,1-2,4,6-16,18H2,(H,28,32,33). The average molecular weight is 468 g/mol. The Kier molecular flexibility index (Phi) is 7.13. The van der Waals surface area contributed by atoms with Gasteiger partial charge in [-0.1, -0.05) is 6.07 Å². The fraction of sp³-hybridized carbons (Fsp3) is 0.692. The summed E-state index contributed by atoms with van der Waals surface area (Å²) in [6, 6.07) is 4.00. The summed E-state index contributed by atoms with van der Waals surface area (Å²) in [6.07, 6.45) is 9.42. The summed E-state index contributed by atoms with van der Waals surface area (Å²) >= 11 is 0. The second kappa shape index (κ2) is 10.4. The largest absolute Gasteiger partial charge is 0.357 e. The second-order valence-electron chi connectivity index (χ2n) is 10.5. The number of rotatable bonds is 5. The first-order valence-corrected chi connectivity index (χ1v) is 13.1. The second-order valence-corrected chi connectivity index (χ2v) is 10.5. The van der Waals surface area contributed by atoms with E-state index in [1.54, 1.807) is 6.20 Å². The number of hydrogen-bond donors (Lipinski definition) is 1. The molecule has 34 heavy (non-hydrogen) atoms. The molecular weight excluding hydrogens is 430 g/mol. The highest BCUT2D eigenvalue weighted by atomic mass is 16.2. The van der Waals surface area contributed by atoms with Gasteiger partial charge in [0.15, 0.2) is 0 Å². The molecule has 1 aromatic rings. The molecule has 4 aliphatic rings. The lowest BCUT2D eigenvalue weighted by molar-refractivity contribution is -0.136. The number of anilines is 1. The Morgan fingerprint density at radius 3 is 2.32 bits per heavy atom. The summed E-state index contributed by atoms with van der Waals surface area (Å²) in [5.41, 5.74) is 0.884. The lowest BCUT2D eigenvalue weighted by Gasteiger charge is -2.38. The average Bonchev–Trinajstić information content (AvgIpc) is 3.40. The molecule has 3 amide bonds. The third-order valence-electron chi connectivity index (χ3n) is 8.22. The number of carbonyl (C=O) groups excluding carboxylic acids is 3. The molecule has 1 aromatic heterocycles. The number of pyridine rings is 1. The Morgan fingerprint density at radius 2 is 1.68 bits per heavy atom.